The van der Waals surface area contributed by atoms with E-state index in [1.54, 1.807) is 0 Å². The first-order valence-electron chi connectivity index (χ1n) is 6.41. The van der Waals surface area contributed by atoms with Crippen LogP contribution in [0.2, 0.25) is 5.02 Å². The Morgan fingerprint density at radius 2 is 1.85 bits per heavy atom. The predicted molar refractivity (Wildman–Crippen MR) is 84.3 cm³/mol. The second-order valence-corrected chi connectivity index (χ2v) is 5.13. The maximum Gasteiger partial charge on any atom is 0.221 e. The molecule has 0 unspecified atom stereocenters. The van der Waals surface area contributed by atoms with Crippen molar-refractivity contribution in [3.05, 3.63) is 58.6 Å². The standard InChI is InChI=1S/C16H17ClN2O/c1-11-9-14(17)5-8-16(11)18-10-13-3-6-15(7-4-13)19-12(2)20/h3-9,18H,10H2,1-2H3,(H,19,20). The van der Waals surface area contributed by atoms with Crippen molar-refractivity contribution in [2.75, 3.05) is 10.6 Å². The summed E-state index contributed by atoms with van der Waals surface area (Å²) in [7, 11) is 0. The summed E-state index contributed by atoms with van der Waals surface area (Å²) in [5.74, 6) is -0.0623. The normalized spacial score (nSPS) is 10.2. The second kappa shape index (κ2) is 6.44. The lowest BCUT2D eigenvalue weighted by atomic mass is 10.1. The molecular weight excluding hydrogens is 272 g/mol. The zero-order chi connectivity index (χ0) is 14.5. The van der Waals surface area contributed by atoms with E-state index in [9.17, 15) is 4.79 Å². The monoisotopic (exact) mass is 288 g/mol. The molecule has 0 bridgehead atoms. The molecule has 0 saturated carbocycles. The molecule has 0 aliphatic heterocycles. The maximum absolute atomic E-state index is 10.9. The quantitative estimate of drug-likeness (QED) is 0.884. The van der Waals surface area contributed by atoms with Gasteiger partial charge in [-0.1, -0.05) is 23.7 Å². The fraction of sp³-hybridized carbons (Fsp3) is 0.188. The lowest BCUT2D eigenvalue weighted by Gasteiger charge is -2.10. The number of carbonyl (C=O) groups is 1. The van der Waals surface area contributed by atoms with Crippen LogP contribution in [-0.2, 0) is 11.3 Å². The smallest absolute Gasteiger partial charge is 0.221 e. The molecule has 0 aliphatic carbocycles. The van der Waals surface area contributed by atoms with Crippen LogP contribution in [0.15, 0.2) is 42.5 Å². The summed E-state index contributed by atoms with van der Waals surface area (Å²) in [6, 6.07) is 13.6. The Labute approximate surface area is 124 Å². The van der Waals surface area contributed by atoms with E-state index in [0.29, 0.717) is 0 Å². The molecule has 20 heavy (non-hydrogen) atoms. The molecule has 0 radical (unpaired) electrons. The molecule has 2 rings (SSSR count). The van der Waals surface area contributed by atoms with Crippen LogP contribution in [0.3, 0.4) is 0 Å². The average molecular weight is 289 g/mol. The first-order valence-corrected chi connectivity index (χ1v) is 6.79. The lowest BCUT2D eigenvalue weighted by molar-refractivity contribution is -0.114. The third kappa shape index (κ3) is 4.00. The van der Waals surface area contributed by atoms with Crippen LogP contribution in [0.1, 0.15) is 18.1 Å². The highest BCUT2D eigenvalue weighted by molar-refractivity contribution is 6.30. The van der Waals surface area contributed by atoms with Crippen molar-refractivity contribution in [3.8, 4) is 0 Å². The molecule has 0 fully saturated rings. The van der Waals surface area contributed by atoms with Gasteiger partial charge in [0.25, 0.3) is 0 Å². The van der Waals surface area contributed by atoms with Crippen LogP contribution in [-0.4, -0.2) is 5.91 Å². The summed E-state index contributed by atoms with van der Waals surface area (Å²) in [5, 5.41) is 6.86. The number of amides is 1. The van der Waals surface area contributed by atoms with Gasteiger partial charge in [-0.2, -0.15) is 0 Å². The predicted octanol–water partition coefficient (Wildman–Crippen LogP) is 4.22. The van der Waals surface area contributed by atoms with Gasteiger partial charge in [-0.15, -0.1) is 0 Å². The van der Waals surface area contributed by atoms with Gasteiger partial charge in [-0.25, -0.2) is 0 Å². The molecule has 104 valence electrons. The lowest BCUT2D eigenvalue weighted by Crippen LogP contribution is -2.06. The second-order valence-electron chi connectivity index (χ2n) is 4.69. The van der Waals surface area contributed by atoms with E-state index in [4.69, 9.17) is 11.6 Å². The Balaban J connectivity index is 1.98. The molecule has 1 amide bonds. The topological polar surface area (TPSA) is 41.1 Å². The Morgan fingerprint density at radius 1 is 1.15 bits per heavy atom. The number of hydrogen-bond donors (Lipinski definition) is 2. The molecule has 2 aromatic rings. The highest BCUT2D eigenvalue weighted by Gasteiger charge is 2.00. The summed E-state index contributed by atoms with van der Waals surface area (Å²) < 4.78 is 0. The van der Waals surface area contributed by atoms with Gasteiger partial charge in [0.2, 0.25) is 5.91 Å². The third-order valence-electron chi connectivity index (χ3n) is 2.95. The number of nitrogens with one attached hydrogen (secondary N) is 2. The number of hydrogen-bond acceptors (Lipinski definition) is 2. The van der Waals surface area contributed by atoms with E-state index < -0.39 is 0 Å². The van der Waals surface area contributed by atoms with Gasteiger partial charge >= 0.3 is 0 Å². The van der Waals surface area contributed by atoms with Gasteiger partial charge in [0.1, 0.15) is 0 Å². The van der Waals surface area contributed by atoms with Crippen molar-refractivity contribution >= 4 is 28.9 Å². The molecular formula is C16H17ClN2O. The summed E-state index contributed by atoms with van der Waals surface area (Å²) in [6.07, 6.45) is 0. The molecule has 0 aliphatic rings. The number of rotatable bonds is 4. The largest absolute Gasteiger partial charge is 0.381 e. The molecule has 2 N–H and O–H groups in total. The van der Waals surface area contributed by atoms with E-state index in [0.717, 1.165) is 34.1 Å². The number of aryl methyl sites for hydroxylation is 1. The first kappa shape index (κ1) is 14.4. The van der Waals surface area contributed by atoms with Gasteiger partial charge in [0, 0.05) is 29.9 Å². The minimum Gasteiger partial charge on any atom is -0.381 e. The van der Waals surface area contributed by atoms with Gasteiger partial charge in [-0.3, -0.25) is 4.79 Å². The van der Waals surface area contributed by atoms with Gasteiger partial charge in [0.05, 0.1) is 0 Å². The van der Waals surface area contributed by atoms with Crippen LogP contribution in [0.25, 0.3) is 0 Å². The number of benzene rings is 2. The summed E-state index contributed by atoms with van der Waals surface area (Å²) in [6.45, 7) is 4.25. The van der Waals surface area contributed by atoms with Crippen molar-refractivity contribution in [1.82, 2.24) is 0 Å². The van der Waals surface area contributed by atoms with Crippen LogP contribution < -0.4 is 10.6 Å². The zero-order valence-electron chi connectivity index (χ0n) is 11.5. The average Bonchev–Trinajstić information content (AvgIpc) is 2.39. The maximum atomic E-state index is 10.9. The minimum absolute atomic E-state index is 0.0623. The SMILES string of the molecule is CC(=O)Nc1ccc(CNc2ccc(Cl)cc2C)cc1. The van der Waals surface area contributed by atoms with E-state index in [1.165, 1.54) is 6.92 Å². The third-order valence-corrected chi connectivity index (χ3v) is 3.18. The van der Waals surface area contributed by atoms with Crippen LogP contribution in [0.4, 0.5) is 11.4 Å². The zero-order valence-corrected chi connectivity index (χ0v) is 12.3. The van der Waals surface area contributed by atoms with E-state index in [1.807, 2.05) is 49.4 Å². The van der Waals surface area contributed by atoms with Crippen molar-refractivity contribution < 1.29 is 4.79 Å². The summed E-state index contributed by atoms with van der Waals surface area (Å²) >= 11 is 5.93. The Kier molecular flexibility index (Phi) is 4.64. The van der Waals surface area contributed by atoms with Crippen LogP contribution >= 0.6 is 11.6 Å². The minimum atomic E-state index is -0.0623. The number of anilines is 2. The molecule has 0 heterocycles. The van der Waals surface area contributed by atoms with Crippen LogP contribution in [0, 0.1) is 6.92 Å². The first-order chi connectivity index (χ1) is 9.54. The molecule has 0 aromatic heterocycles. The van der Waals surface area contributed by atoms with E-state index >= 15 is 0 Å². The number of halogens is 1. The fourth-order valence-corrected chi connectivity index (χ4v) is 2.16. The summed E-state index contributed by atoms with van der Waals surface area (Å²) in [5.41, 5.74) is 4.14. The summed E-state index contributed by atoms with van der Waals surface area (Å²) in [4.78, 5) is 10.9. The molecule has 0 atom stereocenters. The number of carbonyl (C=O) groups excluding carboxylic acids is 1. The molecule has 0 spiro atoms. The van der Waals surface area contributed by atoms with Gasteiger partial charge in [0.15, 0.2) is 0 Å². The molecule has 4 heteroatoms. The molecule has 0 saturated heterocycles. The van der Waals surface area contributed by atoms with Crippen molar-refractivity contribution in [3.63, 3.8) is 0 Å². The van der Waals surface area contributed by atoms with Gasteiger partial charge in [-0.05, 0) is 48.4 Å². The highest BCUT2D eigenvalue weighted by atomic mass is 35.5. The Morgan fingerprint density at radius 3 is 2.45 bits per heavy atom. The van der Waals surface area contributed by atoms with E-state index in [2.05, 4.69) is 10.6 Å². The van der Waals surface area contributed by atoms with Crippen molar-refractivity contribution in [1.29, 1.82) is 0 Å². The van der Waals surface area contributed by atoms with Crippen LogP contribution in [0.5, 0.6) is 0 Å². The highest BCUT2D eigenvalue weighted by Crippen LogP contribution is 2.20. The Bertz CT molecular complexity index is 608. The molecule has 2 aromatic carbocycles. The van der Waals surface area contributed by atoms with Crippen molar-refractivity contribution in [2.24, 2.45) is 0 Å². The van der Waals surface area contributed by atoms with E-state index in [-0.39, 0.29) is 5.91 Å². The Hall–Kier alpha value is -2.00. The fourth-order valence-electron chi connectivity index (χ4n) is 1.93. The van der Waals surface area contributed by atoms with Crippen molar-refractivity contribution in [2.45, 2.75) is 20.4 Å². The van der Waals surface area contributed by atoms with Gasteiger partial charge < -0.3 is 10.6 Å². The molecule has 3 nitrogen and oxygen atoms in total.